The maximum Gasteiger partial charge on any atom is 0.251 e. The predicted octanol–water partition coefficient (Wildman–Crippen LogP) is 3.45. The van der Waals surface area contributed by atoms with Crippen molar-refractivity contribution >= 4 is 23.2 Å². The van der Waals surface area contributed by atoms with Crippen LogP contribution in [0.2, 0.25) is 0 Å². The summed E-state index contributed by atoms with van der Waals surface area (Å²) in [6.07, 6.45) is 3.38. The molecule has 2 N–H and O–H groups in total. The van der Waals surface area contributed by atoms with Gasteiger partial charge in [0, 0.05) is 11.9 Å². The predicted molar refractivity (Wildman–Crippen MR) is 112 cm³/mol. The molecule has 0 saturated heterocycles. The summed E-state index contributed by atoms with van der Waals surface area (Å²) < 4.78 is 6.71. The lowest BCUT2D eigenvalue weighted by molar-refractivity contribution is -0.123. The third-order valence-corrected chi connectivity index (χ3v) is 4.53. The first-order chi connectivity index (χ1) is 13.9. The molecule has 0 aliphatic rings. The number of hydrogen-bond donors (Lipinski definition) is 2. The summed E-state index contributed by atoms with van der Waals surface area (Å²) in [5.74, 6) is 0.319. The zero-order chi connectivity index (χ0) is 20.9. The van der Waals surface area contributed by atoms with Crippen LogP contribution in [0.5, 0.6) is 5.75 Å². The molecule has 7 heteroatoms. The van der Waals surface area contributed by atoms with Crippen LogP contribution < -0.4 is 15.4 Å². The number of nitrogens with one attached hydrogen (secondary N) is 2. The monoisotopic (exact) mass is 392 g/mol. The zero-order valence-electron chi connectivity index (χ0n) is 16.7. The van der Waals surface area contributed by atoms with Crippen molar-refractivity contribution in [2.24, 2.45) is 0 Å². The van der Waals surface area contributed by atoms with E-state index in [-0.39, 0.29) is 18.2 Å². The van der Waals surface area contributed by atoms with Crippen molar-refractivity contribution in [3.63, 3.8) is 0 Å². The van der Waals surface area contributed by atoms with E-state index in [4.69, 9.17) is 4.74 Å². The van der Waals surface area contributed by atoms with E-state index in [0.717, 1.165) is 5.56 Å². The molecule has 0 aliphatic carbocycles. The number of methoxy groups -OCH3 is 1. The molecule has 0 spiro atoms. The van der Waals surface area contributed by atoms with Crippen LogP contribution in [-0.2, 0) is 21.5 Å². The summed E-state index contributed by atoms with van der Waals surface area (Å²) in [5, 5.41) is 9.95. The van der Waals surface area contributed by atoms with Crippen molar-refractivity contribution in [2.75, 3.05) is 17.7 Å². The first-order valence-electron chi connectivity index (χ1n) is 9.23. The average molecular weight is 392 g/mol. The number of carbonyl (C=O) groups excluding carboxylic acids is 2. The molecule has 0 atom stereocenters. The normalized spacial score (nSPS) is 11.0. The molecule has 150 valence electrons. The van der Waals surface area contributed by atoms with Gasteiger partial charge in [0.2, 0.25) is 5.91 Å². The minimum atomic E-state index is -0.939. The van der Waals surface area contributed by atoms with Gasteiger partial charge in [0.15, 0.2) is 0 Å². The van der Waals surface area contributed by atoms with Crippen LogP contribution in [0.4, 0.5) is 11.4 Å². The SMILES string of the molecule is COc1cccc(CC(=O)Nc2cnn(C(C)(C)C(=O)Nc3ccccc3)c2)c1. The van der Waals surface area contributed by atoms with Crippen molar-refractivity contribution in [1.82, 2.24) is 9.78 Å². The van der Waals surface area contributed by atoms with E-state index in [1.165, 1.54) is 10.9 Å². The zero-order valence-corrected chi connectivity index (χ0v) is 16.7. The Kier molecular flexibility index (Phi) is 5.97. The quantitative estimate of drug-likeness (QED) is 0.645. The van der Waals surface area contributed by atoms with Crippen molar-refractivity contribution in [3.05, 3.63) is 72.6 Å². The summed E-state index contributed by atoms with van der Waals surface area (Å²) >= 11 is 0. The smallest absolute Gasteiger partial charge is 0.251 e. The topological polar surface area (TPSA) is 85.2 Å². The minimum absolute atomic E-state index is 0.177. The lowest BCUT2D eigenvalue weighted by Crippen LogP contribution is -2.40. The molecule has 0 bridgehead atoms. The third kappa shape index (κ3) is 5.01. The molecule has 29 heavy (non-hydrogen) atoms. The van der Waals surface area contributed by atoms with Gasteiger partial charge in [0.05, 0.1) is 25.4 Å². The second-order valence-corrected chi connectivity index (χ2v) is 7.13. The molecule has 0 saturated carbocycles. The molecular weight excluding hydrogens is 368 g/mol. The van der Waals surface area contributed by atoms with Gasteiger partial charge < -0.3 is 15.4 Å². The van der Waals surface area contributed by atoms with Crippen LogP contribution in [0.1, 0.15) is 19.4 Å². The molecular formula is C22H24N4O3. The lowest BCUT2D eigenvalue weighted by Gasteiger charge is -2.24. The summed E-state index contributed by atoms with van der Waals surface area (Å²) in [6, 6.07) is 16.6. The Morgan fingerprint density at radius 1 is 1.03 bits per heavy atom. The van der Waals surface area contributed by atoms with Gasteiger partial charge in [-0.25, -0.2) is 0 Å². The molecule has 3 aromatic rings. The lowest BCUT2D eigenvalue weighted by atomic mass is 10.0. The maximum absolute atomic E-state index is 12.7. The second-order valence-electron chi connectivity index (χ2n) is 7.13. The number of ether oxygens (including phenoxy) is 1. The highest BCUT2D eigenvalue weighted by Crippen LogP contribution is 2.20. The molecule has 0 radical (unpaired) electrons. The minimum Gasteiger partial charge on any atom is -0.497 e. The summed E-state index contributed by atoms with van der Waals surface area (Å²) in [6.45, 7) is 3.53. The number of aromatic nitrogens is 2. The van der Waals surface area contributed by atoms with Crippen LogP contribution in [0, 0.1) is 0 Å². The fraction of sp³-hybridized carbons (Fsp3) is 0.227. The summed E-state index contributed by atoms with van der Waals surface area (Å²) in [4.78, 5) is 25.0. The van der Waals surface area contributed by atoms with E-state index in [9.17, 15) is 9.59 Å². The van der Waals surface area contributed by atoms with Crippen molar-refractivity contribution in [1.29, 1.82) is 0 Å². The highest BCUT2D eigenvalue weighted by molar-refractivity contribution is 5.96. The molecule has 0 fully saturated rings. The Morgan fingerprint density at radius 2 is 1.79 bits per heavy atom. The standard InChI is InChI=1S/C22H24N4O3/c1-22(2,21(28)25-17-9-5-4-6-10-17)26-15-18(14-23-26)24-20(27)13-16-8-7-11-19(12-16)29-3/h4-12,14-15H,13H2,1-3H3,(H,24,27)(H,25,28). The summed E-state index contributed by atoms with van der Waals surface area (Å²) in [5.41, 5.74) is 1.14. The first kappa shape index (κ1) is 20.1. The molecule has 1 heterocycles. The van der Waals surface area contributed by atoms with E-state index in [1.807, 2.05) is 54.6 Å². The van der Waals surface area contributed by atoms with E-state index >= 15 is 0 Å². The Hall–Kier alpha value is -3.61. The molecule has 1 aromatic heterocycles. The van der Waals surface area contributed by atoms with Crippen LogP contribution in [0.15, 0.2) is 67.0 Å². The second kappa shape index (κ2) is 8.60. The Morgan fingerprint density at radius 3 is 2.52 bits per heavy atom. The van der Waals surface area contributed by atoms with Crippen molar-refractivity contribution in [2.45, 2.75) is 25.8 Å². The maximum atomic E-state index is 12.7. The highest BCUT2D eigenvalue weighted by Gasteiger charge is 2.31. The van der Waals surface area contributed by atoms with Crippen molar-refractivity contribution < 1.29 is 14.3 Å². The Labute approximate surface area is 169 Å². The number of hydrogen-bond acceptors (Lipinski definition) is 4. The number of rotatable bonds is 7. The van der Waals surface area contributed by atoms with Gasteiger partial charge in [-0.1, -0.05) is 30.3 Å². The Bertz CT molecular complexity index is 996. The van der Waals surface area contributed by atoms with E-state index < -0.39 is 5.54 Å². The van der Waals surface area contributed by atoms with Crippen LogP contribution in [-0.4, -0.2) is 28.7 Å². The summed E-state index contributed by atoms with van der Waals surface area (Å²) in [7, 11) is 1.59. The first-order valence-corrected chi connectivity index (χ1v) is 9.23. The number of anilines is 2. The van der Waals surface area contributed by atoms with E-state index in [2.05, 4.69) is 15.7 Å². The van der Waals surface area contributed by atoms with E-state index in [0.29, 0.717) is 17.1 Å². The Balaban J connectivity index is 1.64. The van der Waals surface area contributed by atoms with Gasteiger partial charge in [0.1, 0.15) is 11.3 Å². The van der Waals surface area contributed by atoms with Gasteiger partial charge in [0.25, 0.3) is 5.91 Å². The number of amides is 2. The van der Waals surface area contributed by atoms with Gasteiger partial charge in [-0.2, -0.15) is 5.10 Å². The fourth-order valence-electron chi connectivity index (χ4n) is 2.78. The van der Waals surface area contributed by atoms with Gasteiger partial charge in [-0.3, -0.25) is 14.3 Å². The molecule has 2 amide bonds. The highest BCUT2D eigenvalue weighted by atomic mass is 16.5. The van der Waals surface area contributed by atoms with Crippen LogP contribution in [0.3, 0.4) is 0 Å². The van der Waals surface area contributed by atoms with Gasteiger partial charge in [-0.05, 0) is 43.7 Å². The number of para-hydroxylation sites is 1. The van der Waals surface area contributed by atoms with Gasteiger partial charge >= 0.3 is 0 Å². The third-order valence-electron chi connectivity index (χ3n) is 4.53. The van der Waals surface area contributed by atoms with Gasteiger partial charge in [-0.15, -0.1) is 0 Å². The number of benzene rings is 2. The molecule has 0 unspecified atom stereocenters. The van der Waals surface area contributed by atoms with Crippen LogP contribution in [0.25, 0.3) is 0 Å². The molecule has 7 nitrogen and oxygen atoms in total. The number of carbonyl (C=O) groups is 2. The average Bonchev–Trinajstić information content (AvgIpc) is 3.18. The van der Waals surface area contributed by atoms with Crippen molar-refractivity contribution in [3.8, 4) is 5.75 Å². The number of nitrogens with zero attached hydrogens (tertiary/aromatic N) is 2. The molecule has 0 aliphatic heterocycles. The van der Waals surface area contributed by atoms with Crippen LogP contribution >= 0.6 is 0 Å². The van der Waals surface area contributed by atoms with E-state index in [1.54, 1.807) is 27.2 Å². The largest absolute Gasteiger partial charge is 0.497 e. The molecule has 3 rings (SSSR count). The fourth-order valence-corrected chi connectivity index (χ4v) is 2.78. The molecule has 2 aromatic carbocycles.